The fourth-order valence-electron chi connectivity index (χ4n) is 2.46. The van der Waals surface area contributed by atoms with Gasteiger partial charge in [0.15, 0.2) is 0 Å². The average molecular weight is 334 g/mol. The molecule has 1 aromatic rings. The van der Waals surface area contributed by atoms with Gasteiger partial charge in [0, 0.05) is 13.5 Å². The molecular formula is C18H26N2O4. The summed E-state index contributed by atoms with van der Waals surface area (Å²) in [5.74, 6) is -1.41. The number of benzene rings is 1. The van der Waals surface area contributed by atoms with Gasteiger partial charge in [-0.1, -0.05) is 43.7 Å². The molecule has 1 rings (SSSR count). The summed E-state index contributed by atoms with van der Waals surface area (Å²) in [6.07, 6.45) is 0.0304. The number of hydrogen-bond acceptors (Lipinski definition) is 3. The van der Waals surface area contributed by atoms with Crippen LogP contribution in [0, 0.1) is 12.8 Å². The van der Waals surface area contributed by atoms with Gasteiger partial charge in [0.25, 0.3) is 0 Å². The Morgan fingerprint density at radius 2 is 1.75 bits per heavy atom. The summed E-state index contributed by atoms with van der Waals surface area (Å²) in [5, 5.41) is 11.8. The molecule has 1 atom stereocenters. The molecule has 0 aromatic heterocycles. The Balaban J connectivity index is 2.93. The Kier molecular flexibility index (Phi) is 7.42. The van der Waals surface area contributed by atoms with Crippen LogP contribution in [-0.2, 0) is 14.4 Å². The van der Waals surface area contributed by atoms with Crippen LogP contribution >= 0.6 is 0 Å². The van der Waals surface area contributed by atoms with Crippen LogP contribution in [0.4, 0.5) is 0 Å². The minimum absolute atomic E-state index is 0.0304. The molecule has 0 aliphatic carbocycles. The van der Waals surface area contributed by atoms with E-state index >= 15 is 0 Å². The molecule has 0 heterocycles. The first-order valence-electron chi connectivity index (χ1n) is 8.02. The summed E-state index contributed by atoms with van der Waals surface area (Å²) >= 11 is 0. The van der Waals surface area contributed by atoms with Crippen LogP contribution in [0.15, 0.2) is 24.3 Å². The zero-order valence-corrected chi connectivity index (χ0v) is 14.7. The number of carbonyl (C=O) groups excluding carboxylic acids is 2. The highest BCUT2D eigenvalue weighted by Crippen LogP contribution is 2.19. The molecule has 0 saturated heterocycles. The first-order chi connectivity index (χ1) is 11.2. The monoisotopic (exact) mass is 334 g/mol. The molecule has 0 aliphatic heterocycles. The van der Waals surface area contributed by atoms with Gasteiger partial charge in [0.1, 0.15) is 6.54 Å². The molecule has 0 spiro atoms. The van der Waals surface area contributed by atoms with E-state index in [-0.39, 0.29) is 30.7 Å². The summed E-state index contributed by atoms with van der Waals surface area (Å²) in [6, 6.07) is 7.09. The molecular weight excluding hydrogens is 308 g/mol. The van der Waals surface area contributed by atoms with E-state index in [9.17, 15) is 14.4 Å². The van der Waals surface area contributed by atoms with Crippen LogP contribution in [0.25, 0.3) is 0 Å². The number of nitrogens with one attached hydrogen (secondary N) is 1. The summed E-state index contributed by atoms with van der Waals surface area (Å²) < 4.78 is 0. The number of hydrogen-bond donors (Lipinski definition) is 2. The third-order valence-electron chi connectivity index (χ3n) is 3.50. The second-order valence-corrected chi connectivity index (χ2v) is 6.43. The van der Waals surface area contributed by atoms with E-state index in [4.69, 9.17) is 5.11 Å². The molecule has 6 nitrogen and oxygen atoms in total. The highest BCUT2D eigenvalue weighted by molar-refractivity contribution is 5.82. The molecule has 132 valence electrons. The largest absolute Gasteiger partial charge is 0.480 e. The van der Waals surface area contributed by atoms with Crippen LogP contribution in [-0.4, -0.2) is 40.9 Å². The summed E-state index contributed by atoms with van der Waals surface area (Å²) in [4.78, 5) is 36.4. The van der Waals surface area contributed by atoms with Gasteiger partial charge in [-0.15, -0.1) is 0 Å². The topological polar surface area (TPSA) is 86.7 Å². The minimum atomic E-state index is -1.05. The van der Waals surface area contributed by atoms with Crippen LogP contribution in [0.2, 0.25) is 0 Å². The summed E-state index contributed by atoms with van der Waals surface area (Å²) in [6.45, 7) is 7.23. The van der Waals surface area contributed by atoms with E-state index in [2.05, 4.69) is 5.32 Å². The number of aryl methyl sites for hydroxylation is 1. The van der Waals surface area contributed by atoms with E-state index in [1.165, 1.54) is 11.8 Å². The van der Waals surface area contributed by atoms with Gasteiger partial charge in [-0.05, 0) is 18.4 Å². The predicted molar refractivity (Wildman–Crippen MR) is 91.4 cm³/mol. The van der Waals surface area contributed by atoms with Crippen molar-refractivity contribution in [1.29, 1.82) is 0 Å². The molecule has 0 bridgehead atoms. The Labute approximate surface area is 142 Å². The lowest BCUT2D eigenvalue weighted by atomic mass is 10.0. The fraction of sp³-hybridized carbons (Fsp3) is 0.500. The van der Waals surface area contributed by atoms with Gasteiger partial charge < -0.3 is 15.3 Å². The lowest BCUT2D eigenvalue weighted by Gasteiger charge is -2.26. The Bertz CT molecular complexity index is 581. The van der Waals surface area contributed by atoms with Crippen molar-refractivity contribution in [2.45, 2.75) is 40.2 Å². The number of amides is 2. The predicted octanol–water partition coefficient (Wildman–Crippen LogP) is 2.13. The highest BCUT2D eigenvalue weighted by Gasteiger charge is 2.23. The highest BCUT2D eigenvalue weighted by atomic mass is 16.4. The van der Waals surface area contributed by atoms with Crippen molar-refractivity contribution in [2.75, 3.05) is 13.1 Å². The standard InChI is InChI=1S/C18H26N2O4/c1-12(2)10-20(11-18(23)24)17(22)9-16(19-14(4)21)15-7-5-13(3)6-8-15/h5-8,12,16H,9-11H2,1-4H3,(H,19,21)(H,23,24). The third kappa shape index (κ3) is 6.81. The van der Waals surface area contributed by atoms with Gasteiger partial charge >= 0.3 is 5.97 Å². The number of carboxylic acid groups (broad SMARTS) is 1. The zero-order valence-electron chi connectivity index (χ0n) is 14.7. The van der Waals surface area contributed by atoms with E-state index in [1.54, 1.807) is 0 Å². The van der Waals surface area contributed by atoms with E-state index in [1.807, 2.05) is 45.0 Å². The van der Waals surface area contributed by atoms with Gasteiger partial charge in [-0.3, -0.25) is 14.4 Å². The molecule has 2 N–H and O–H groups in total. The number of carboxylic acids is 1. The van der Waals surface area contributed by atoms with Gasteiger partial charge in [-0.2, -0.15) is 0 Å². The lowest BCUT2D eigenvalue weighted by molar-refractivity contribution is -0.145. The van der Waals surface area contributed by atoms with E-state index in [0.29, 0.717) is 6.54 Å². The van der Waals surface area contributed by atoms with Crippen LogP contribution < -0.4 is 5.32 Å². The quantitative estimate of drug-likeness (QED) is 0.762. The Hall–Kier alpha value is -2.37. The van der Waals surface area contributed by atoms with Crippen LogP contribution in [0.1, 0.15) is 44.4 Å². The molecule has 2 amide bonds. The van der Waals surface area contributed by atoms with Crippen molar-refractivity contribution < 1.29 is 19.5 Å². The molecule has 24 heavy (non-hydrogen) atoms. The maximum absolute atomic E-state index is 12.6. The normalized spacial score (nSPS) is 11.9. The smallest absolute Gasteiger partial charge is 0.323 e. The molecule has 0 saturated carbocycles. The Morgan fingerprint density at radius 1 is 1.17 bits per heavy atom. The summed E-state index contributed by atoms with van der Waals surface area (Å²) in [5.41, 5.74) is 1.91. The molecule has 1 aromatic carbocycles. The first-order valence-corrected chi connectivity index (χ1v) is 8.02. The third-order valence-corrected chi connectivity index (χ3v) is 3.50. The SMILES string of the molecule is CC(=O)NC(CC(=O)N(CC(=O)O)CC(C)C)c1ccc(C)cc1. The van der Waals surface area contributed by atoms with Crippen molar-refractivity contribution in [3.63, 3.8) is 0 Å². The zero-order chi connectivity index (χ0) is 18.3. The van der Waals surface area contributed by atoms with Crippen molar-refractivity contribution in [3.8, 4) is 0 Å². The second-order valence-electron chi connectivity index (χ2n) is 6.43. The van der Waals surface area contributed by atoms with E-state index in [0.717, 1.165) is 11.1 Å². The number of aliphatic carboxylic acids is 1. The van der Waals surface area contributed by atoms with Crippen molar-refractivity contribution in [3.05, 3.63) is 35.4 Å². The van der Waals surface area contributed by atoms with Gasteiger partial charge in [-0.25, -0.2) is 0 Å². The molecule has 0 aliphatic rings. The molecule has 0 fully saturated rings. The number of nitrogens with zero attached hydrogens (tertiary/aromatic N) is 1. The molecule has 1 unspecified atom stereocenters. The lowest BCUT2D eigenvalue weighted by Crippen LogP contribution is -2.40. The minimum Gasteiger partial charge on any atom is -0.480 e. The van der Waals surface area contributed by atoms with Gasteiger partial charge in [0.2, 0.25) is 11.8 Å². The Morgan fingerprint density at radius 3 is 2.21 bits per heavy atom. The fourth-order valence-corrected chi connectivity index (χ4v) is 2.46. The van der Waals surface area contributed by atoms with E-state index < -0.39 is 12.0 Å². The average Bonchev–Trinajstić information content (AvgIpc) is 2.45. The molecule has 0 radical (unpaired) electrons. The second kappa shape index (κ2) is 9.05. The van der Waals surface area contributed by atoms with Crippen LogP contribution in [0.5, 0.6) is 0 Å². The molecule has 6 heteroatoms. The van der Waals surface area contributed by atoms with Crippen molar-refractivity contribution >= 4 is 17.8 Å². The maximum Gasteiger partial charge on any atom is 0.323 e. The maximum atomic E-state index is 12.6. The van der Waals surface area contributed by atoms with Crippen molar-refractivity contribution in [1.82, 2.24) is 10.2 Å². The van der Waals surface area contributed by atoms with Gasteiger partial charge in [0.05, 0.1) is 12.5 Å². The number of rotatable bonds is 8. The number of carbonyl (C=O) groups is 3. The van der Waals surface area contributed by atoms with Crippen LogP contribution in [0.3, 0.4) is 0 Å². The summed E-state index contributed by atoms with van der Waals surface area (Å²) in [7, 11) is 0. The first kappa shape index (κ1) is 19.7. The van der Waals surface area contributed by atoms with Crippen molar-refractivity contribution in [2.24, 2.45) is 5.92 Å².